The molecular formula is C24H22N2O2S. The summed E-state index contributed by atoms with van der Waals surface area (Å²) in [6.45, 7) is 1.96. The number of aryl methyl sites for hydroxylation is 3. The van der Waals surface area contributed by atoms with E-state index in [-0.39, 0.29) is 17.7 Å². The molecule has 0 unspecified atom stereocenters. The summed E-state index contributed by atoms with van der Waals surface area (Å²) >= 11 is 1.56. The van der Waals surface area contributed by atoms with Gasteiger partial charge in [-0.2, -0.15) is 0 Å². The summed E-state index contributed by atoms with van der Waals surface area (Å²) < 4.78 is 0. The largest absolute Gasteiger partial charge is 0.326 e. The summed E-state index contributed by atoms with van der Waals surface area (Å²) in [5.74, 6) is 0.112. The molecule has 1 aromatic heterocycles. The number of rotatable bonds is 4. The first-order valence-electron chi connectivity index (χ1n) is 10.0. The Hall–Kier alpha value is -2.92. The summed E-state index contributed by atoms with van der Waals surface area (Å²) in [4.78, 5) is 26.9. The molecule has 0 atom stereocenters. The van der Waals surface area contributed by atoms with E-state index in [2.05, 4.69) is 34.9 Å². The minimum absolute atomic E-state index is 0.0655. The molecule has 0 radical (unpaired) electrons. The number of nitrogens with one attached hydrogen (secondary N) is 2. The number of fused-ring (bicyclic) bond motifs is 3. The first-order chi connectivity index (χ1) is 14.1. The number of hydrogen-bond acceptors (Lipinski definition) is 3. The van der Waals surface area contributed by atoms with Crippen molar-refractivity contribution in [1.29, 1.82) is 0 Å². The van der Waals surface area contributed by atoms with Gasteiger partial charge in [0.05, 0.1) is 4.88 Å². The maximum atomic E-state index is 13.0. The molecule has 0 saturated heterocycles. The molecular weight excluding hydrogens is 380 g/mol. The van der Waals surface area contributed by atoms with Crippen LogP contribution in [0, 0.1) is 12.8 Å². The molecule has 1 saturated carbocycles. The van der Waals surface area contributed by atoms with Crippen LogP contribution in [0.2, 0.25) is 0 Å². The zero-order valence-electron chi connectivity index (χ0n) is 16.2. The zero-order chi connectivity index (χ0) is 20.0. The predicted molar refractivity (Wildman–Crippen MR) is 118 cm³/mol. The summed E-state index contributed by atoms with van der Waals surface area (Å²) in [5, 5.41) is 5.99. The van der Waals surface area contributed by atoms with Crippen molar-refractivity contribution in [1.82, 2.24) is 0 Å². The second-order valence-electron chi connectivity index (χ2n) is 7.87. The Morgan fingerprint density at radius 1 is 0.966 bits per heavy atom. The van der Waals surface area contributed by atoms with Gasteiger partial charge in [-0.1, -0.05) is 30.3 Å². The van der Waals surface area contributed by atoms with Crippen LogP contribution in [0.5, 0.6) is 0 Å². The minimum atomic E-state index is -0.101. The van der Waals surface area contributed by atoms with Crippen LogP contribution in [0.3, 0.4) is 0 Å². The maximum absolute atomic E-state index is 13.0. The van der Waals surface area contributed by atoms with E-state index in [4.69, 9.17) is 0 Å². The highest BCUT2D eigenvalue weighted by Crippen LogP contribution is 2.39. The van der Waals surface area contributed by atoms with Crippen molar-refractivity contribution in [3.8, 4) is 10.4 Å². The standard InChI is InChI=1S/C24H22N2O2S/c1-14-6-11-18(25-23(27)16-8-9-16)13-20(14)26-24(28)21-12-17-10-7-15-4-2-3-5-19(15)22(17)29-21/h2-6,11-13,16H,7-10H2,1H3,(H,25,27)(H,26,28). The number of carbonyl (C=O) groups excluding carboxylic acids is 2. The molecule has 2 amide bonds. The molecule has 2 aliphatic rings. The van der Waals surface area contributed by atoms with Gasteiger partial charge < -0.3 is 10.6 Å². The first kappa shape index (κ1) is 18.1. The Kier molecular flexibility index (Phi) is 4.47. The third kappa shape index (κ3) is 3.58. The number of hydrogen-bond donors (Lipinski definition) is 2. The second kappa shape index (κ2) is 7.16. The quantitative estimate of drug-likeness (QED) is 0.612. The van der Waals surface area contributed by atoms with E-state index in [1.54, 1.807) is 11.3 Å². The molecule has 3 aromatic rings. The number of amides is 2. The molecule has 29 heavy (non-hydrogen) atoms. The fraction of sp³-hybridized carbons (Fsp3) is 0.250. The van der Waals surface area contributed by atoms with Gasteiger partial charge in [0.25, 0.3) is 5.91 Å². The molecule has 1 heterocycles. The monoisotopic (exact) mass is 402 g/mol. The molecule has 0 spiro atoms. The molecule has 2 aliphatic carbocycles. The van der Waals surface area contributed by atoms with E-state index in [1.807, 2.05) is 31.2 Å². The average molecular weight is 403 g/mol. The predicted octanol–water partition coefficient (Wildman–Crippen LogP) is 5.42. The van der Waals surface area contributed by atoms with E-state index in [9.17, 15) is 9.59 Å². The topological polar surface area (TPSA) is 58.2 Å². The fourth-order valence-electron chi connectivity index (χ4n) is 3.79. The van der Waals surface area contributed by atoms with Gasteiger partial charge in [0, 0.05) is 22.2 Å². The van der Waals surface area contributed by atoms with Gasteiger partial charge in [0.1, 0.15) is 0 Å². The van der Waals surface area contributed by atoms with Crippen LogP contribution in [0.25, 0.3) is 10.4 Å². The number of benzene rings is 2. The molecule has 2 N–H and O–H groups in total. The van der Waals surface area contributed by atoms with Gasteiger partial charge in [-0.25, -0.2) is 0 Å². The Balaban J connectivity index is 1.37. The Morgan fingerprint density at radius 3 is 2.59 bits per heavy atom. The molecule has 4 nitrogen and oxygen atoms in total. The van der Waals surface area contributed by atoms with E-state index in [1.165, 1.54) is 21.6 Å². The van der Waals surface area contributed by atoms with E-state index in [0.717, 1.165) is 47.5 Å². The van der Waals surface area contributed by atoms with Crippen molar-refractivity contribution in [3.63, 3.8) is 0 Å². The lowest BCUT2D eigenvalue weighted by Crippen LogP contribution is -2.15. The van der Waals surface area contributed by atoms with Crippen molar-refractivity contribution in [2.24, 2.45) is 5.92 Å². The Morgan fingerprint density at radius 2 is 1.76 bits per heavy atom. The number of carbonyl (C=O) groups is 2. The minimum Gasteiger partial charge on any atom is -0.326 e. The Bertz CT molecular complexity index is 1130. The fourth-order valence-corrected chi connectivity index (χ4v) is 4.96. The second-order valence-corrected chi connectivity index (χ2v) is 8.92. The van der Waals surface area contributed by atoms with Gasteiger partial charge in [-0.15, -0.1) is 11.3 Å². The van der Waals surface area contributed by atoms with E-state index >= 15 is 0 Å². The highest BCUT2D eigenvalue weighted by Gasteiger charge is 2.29. The number of thiophene rings is 1. The van der Waals surface area contributed by atoms with Gasteiger partial charge in [-0.3, -0.25) is 9.59 Å². The van der Waals surface area contributed by atoms with Crippen LogP contribution in [0.15, 0.2) is 48.5 Å². The van der Waals surface area contributed by atoms with Crippen molar-refractivity contribution >= 4 is 34.5 Å². The molecule has 5 heteroatoms. The van der Waals surface area contributed by atoms with Crippen molar-refractivity contribution in [3.05, 3.63) is 70.1 Å². The lowest BCUT2D eigenvalue weighted by molar-refractivity contribution is -0.117. The normalized spacial score (nSPS) is 14.7. The van der Waals surface area contributed by atoms with Crippen molar-refractivity contribution in [2.45, 2.75) is 32.6 Å². The lowest BCUT2D eigenvalue weighted by Gasteiger charge is -2.15. The molecule has 1 fully saturated rings. The van der Waals surface area contributed by atoms with Gasteiger partial charge >= 0.3 is 0 Å². The van der Waals surface area contributed by atoms with Crippen molar-refractivity contribution < 1.29 is 9.59 Å². The van der Waals surface area contributed by atoms with Gasteiger partial charge in [-0.05, 0) is 73.1 Å². The summed E-state index contributed by atoms with van der Waals surface area (Å²) in [7, 11) is 0. The smallest absolute Gasteiger partial charge is 0.265 e. The zero-order valence-corrected chi connectivity index (χ0v) is 17.1. The van der Waals surface area contributed by atoms with Crippen LogP contribution in [0.4, 0.5) is 11.4 Å². The average Bonchev–Trinajstić information content (AvgIpc) is 3.48. The van der Waals surface area contributed by atoms with Crippen LogP contribution in [0.1, 0.15) is 39.2 Å². The Labute approximate surface area is 174 Å². The summed E-state index contributed by atoms with van der Waals surface area (Å²) in [6.07, 6.45) is 3.92. The molecule has 2 aromatic carbocycles. The lowest BCUT2D eigenvalue weighted by atomic mass is 9.91. The van der Waals surface area contributed by atoms with E-state index < -0.39 is 0 Å². The molecule has 0 bridgehead atoms. The van der Waals surface area contributed by atoms with E-state index in [0.29, 0.717) is 0 Å². The first-order valence-corrected chi connectivity index (χ1v) is 10.8. The number of anilines is 2. The van der Waals surface area contributed by atoms with Crippen LogP contribution >= 0.6 is 11.3 Å². The van der Waals surface area contributed by atoms with Crippen LogP contribution in [-0.2, 0) is 17.6 Å². The third-order valence-corrected chi connectivity index (χ3v) is 6.87. The van der Waals surface area contributed by atoms with Crippen LogP contribution in [-0.4, -0.2) is 11.8 Å². The maximum Gasteiger partial charge on any atom is 0.265 e. The van der Waals surface area contributed by atoms with Crippen LogP contribution < -0.4 is 10.6 Å². The van der Waals surface area contributed by atoms with Gasteiger partial charge in [0.15, 0.2) is 0 Å². The molecule has 5 rings (SSSR count). The molecule has 0 aliphatic heterocycles. The highest BCUT2D eigenvalue weighted by molar-refractivity contribution is 7.17. The van der Waals surface area contributed by atoms with Gasteiger partial charge in [0.2, 0.25) is 5.91 Å². The summed E-state index contributed by atoms with van der Waals surface area (Å²) in [5.41, 5.74) is 6.27. The summed E-state index contributed by atoms with van der Waals surface area (Å²) in [6, 6.07) is 16.1. The SMILES string of the molecule is Cc1ccc(NC(=O)C2CC2)cc1NC(=O)c1cc2c(s1)-c1ccccc1CC2. The van der Waals surface area contributed by atoms with Crippen molar-refractivity contribution in [2.75, 3.05) is 10.6 Å². The molecule has 146 valence electrons. The highest BCUT2D eigenvalue weighted by atomic mass is 32.1. The third-order valence-electron chi connectivity index (χ3n) is 5.66.